The van der Waals surface area contributed by atoms with Crippen LogP contribution < -0.4 is 4.74 Å². The second-order valence-corrected chi connectivity index (χ2v) is 6.38. The molecule has 2 rings (SSSR count). The highest BCUT2D eigenvalue weighted by Gasteiger charge is 2.30. The van der Waals surface area contributed by atoms with Crippen molar-refractivity contribution >= 4 is 23.5 Å². The Hall–Kier alpha value is -1.79. The SMILES string of the molecule is CN(CCOc1ccc(Cl)cc1)C1CCCCN(CC(=O)O)C1=O. The molecule has 7 heteroatoms. The van der Waals surface area contributed by atoms with Crippen molar-refractivity contribution in [2.45, 2.75) is 25.3 Å². The van der Waals surface area contributed by atoms with Gasteiger partial charge in [0.15, 0.2) is 0 Å². The summed E-state index contributed by atoms with van der Waals surface area (Å²) in [5, 5.41) is 9.60. The summed E-state index contributed by atoms with van der Waals surface area (Å²) < 4.78 is 5.66. The summed E-state index contributed by atoms with van der Waals surface area (Å²) in [5.41, 5.74) is 0. The fourth-order valence-corrected chi connectivity index (χ4v) is 2.93. The monoisotopic (exact) mass is 354 g/mol. The number of hydrogen-bond donors (Lipinski definition) is 1. The average Bonchev–Trinajstić information content (AvgIpc) is 2.71. The van der Waals surface area contributed by atoms with Crippen LogP contribution in [0.25, 0.3) is 0 Å². The highest BCUT2D eigenvalue weighted by molar-refractivity contribution is 6.30. The molecule has 0 aromatic heterocycles. The van der Waals surface area contributed by atoms with E-state index in [-0.39, 0.29) is 18.5 Å². The van der Waals surface area contributed by atoms with Crippen molar-refractivity contribution in [3.8, 4) is 5.75 Å². The van der Waals surface area contributed by atoms with Crippen LogP contribution in [0.3, 0.4) is 0 Å². The number of carboxylic acids is 1. The second-order valence-electron chi connectivity index (χ2n) is 5.95. The summed E-state index contributed by atoms with van der Waals surface area (Å²) in [7, 11) is 1.87. The molecule has 132 valence electrons. The van der Waals surface area contributed by atoms with Gasteiger partial charge in [-0.1, -0.05) is 11.6 Å². The first-order chi connectivity index (χ1) is 11.5. The Morgan fingerprint density at radius 3 is 2.75 bits per heavy atom. The zero-order valence-electron chi connectivity index (χ0n) is 13.8. The maximum absolute atomic E-state index is 12.6. The van der Waals surface area contributed by atoms with E-state index in [0.717, 1.165) is 25.0 Å². The normalized spacial score (nSPS) is 18.5. The van der Waals surface area contributed by atoms with Gasteiger partial charge in [-0.2, -0.15) is 0 Å². The van der Waals surface area contributed by atoms with Gasteiger partial charge in [0.2, 0.25) is 5.91 Å². The van der Waals surface area contributed by atoms with Gasteiger partial charge < -0.3 is 14.7 Å². The summed E-state index contributed by atoms with van der Waals surface area (Å²) in [6, 6.07) is 6.83. The van der Waals surface area contributed by atoms with E-state index >= 15 is 0 Å². The van der Waals surface area contributed by atoms with Crippen LogP contribution in [0.15, 0.2) is 24.3 Å². The summed E-state index contributed by atoms with van der Waals surface area (Å²) >= 11 is 5.83. The number of hydrogen-bond acceptors (Lipinski definition) is 4. The number of carbonyl (C=O) groups excluding carboxylic acids is 1. The Morgan fingerprint density at radius 1 is 1.38 bits per heavy atom. The number of halogens is 1. The van der Waals surface area contributed by atoms with E-state index in [1.54, 1.807) is 24.3 Å². The lowest BCUT2D eigenvalue weighted by atomic mass is 10.1. The third-order valence-electron chi connectivity index (χ3n) is 4.14. The predicted molar refractivity (Wildman–Crippen MR) is 91.4 cm³/mol. The molecule has 1 atom stereocenters. The van der Waals surface area contributed by atoms with Crippen molar-refractivity contribution in [3.05, 3.63) is 29.3 Å². The Balaban J connectivity index is 1.87. The van der Waals surface area contributed by atoms with Crippen molar-refractivity contribution in [3.63, 3.8) is 0 Å². The highest BCUT2D eigenvalue weighted by atomic mass is 35.5. The largest absolute Gasteiger partial charge is 0.492 e. The molecule has 6 nitrogen and oxygen atoms in total. The van der Waals surface area contributed by atoms with Crippen LogP contribution in [0.1, 0.15) is 19.3 Å². The lowest BCUT2D eigenvalue weighted by Gasteiger charge is -2.29. The first-order valence-corrected chi connectivity index (χ1v) is 8.44. The van der Waals surface area contributed by atoms with E-state index in [9.17, 15) is 9.59 Å². The molecule has 1 aliphatic rings. The van der Waals surface area contributed by atoms with Crippen LogP contribution in [-0.4, -0.2) is 66.1 Å². The number of likely N-dealkylation sites (tertiary alicyclic amines) is 1. The number of likely N-dealkylation sites (N-methyl/N-ethyl adjacent to an activating group) is 1. The number of carboxylic acid groups (broad SMARTS) is 1. The first-order valence-electron chi connectivity index (χ1n) is 8.06. The minimum atomic E-state index is -0.974. The number of rotatable bonds is 7. The smallest absolute Gasteiger partial charge is 0.323 e. The molecular formula is C17H23ClN2O4. The molecule has 1 unspecified atom stereocenters. The standard InChI is InChI=1S/C17H23ClN2O4/c1-19(10-11-24-14-7-5-13(18)6-8-14)15-4-2-3-9-20(17(15)23)12-16(21)22/h5-8,15H,2-4,9-12H2,1H3,(H,21,22). The molecule has 1 fully saturated rings. The van der Waals surface area contributed by atoms with Crippen LogP contribution in [0.2, 0.25) is 5.02 Å². The van der Waals surface area contributed by atoms with E-state index < -0.39 is 5.97 Å². The van der Waals surface area contributed by atoms with Gasteiger partial charge in [-0.25, -0.2) is 0 Å². The van der Waals surface area contributed by atoms with Gasteiger partial charge in [0.05, 0.1) is 6.04 Å². The topological polar surface area (TPSA) is 70.1 Å². The van der Waals surface area contributed by atoms with Crippen LogP contribution in [0.5, 0.6) is 5.75 Å². The van der Waals surface area contributed by atoms with Crippen molar-refractivity contribution < 1.29 is 19.4 Å². The van der Waals surface area contributed by atoms with E-state index in [2.05, 4.69) is 0 Å². The van der Waals surface area contributed by atoms with Gasteiger partial charge in [0.25, 0.3) is 0 Å². The fraction of sp³-hybridized carbons (Fsp3) is 0.529. The Morgan fingerprint density at radius 2 is 2.08 bits per heavy atom. The molecular weight excluding hydrogens is 332 g/mol. The van der Waals surface area contributed by atoms with Gasteiger partial charge in [-0.3, -0.25) is 14.5 Å². The molecule has 1 aliphatic heterocycles. The van der Waals surface area contributed by atoms with Crippen LogP contribution in [0, 0.1) is 0 Å². The predicted octanol–water partition coefficient (Wildman–Crippen LogP) is 2.12. The number of aliphatic carboxylic acids is 1. The average molecular weight is 355 g/mol. The summed E-state index contributed by atoms with van der Waals surface area (Å²) in [4.78, 5) is 26.9. The molecule has 1 heterocycles. The number of ether oxygens (including phenoxy) is 1. The number of nitrogens with zero attached hydrogens (tertiary/aromatic N) is 2. The van der Waals surface area contributed by atoms with Crippen LogP contribution in [-0.2, 0) is 9.59 Å². The molecule has 0 spiro atoms. The first kappa shape index (κ1) is 18.5. The van der Waals surface area contributed by atoms with E-state index in [4.69, 9.17) is 21.4 Å². The van der Waals surface area contributed by atoms with Gasteiger partial charge in [-0.05, 0) is 50.6 Å². The van der Waals surface area contributed by atoms with Crippen molar-refractivity contribution in [1.29, 1.82) is 0 Å². The Labute approximate surface area is 146 Å². The molecule has 1 N–H and O–H groups in total. The minimum Gasteiger partial charge on any atom is -0.492 e. The Bertz CT molecular complexity index is 564. The highest BCUT2D eigenvalue weighted by Crippen LogP contribution is 2.18. The maximum Gasteiger partial charge on any atom is 0.323 e. The molecule has 1 saturated heterocycles. The molecule has 0 bridgehead atoms. The summed E-state index contributed by atoms with van der Waals surface area (Å²) in [6.07, 6.45) is 2.49. The lowest BCUT2D eigenvalue weighted by molar-refractivity contribution is -0.146. The molecule has 24 heavy (non-hydrogen) atoms. The zero-order chi connectivity index (χ0) is 17.5. The molecule has 0 aliphatic carbocycles. The van der Waals surface area contributed by atoms with Crippen molar-refractivity contribution in [1.82, 2.24) is 9.80 Å². The minimum absolute atomic E-state index is 0.108. The molecule has 1 aromatic carbocycles. The summed E-state index contributed by atoms with van der Waals surface area (Å²) in [6.45, 7) is 1.31. The fourth-order valence-electron chi connectivity index (χ4n) is 2.81. The summed E-state index contributed by atoms with van der Waals surface area (Å²) in [5.74, 6) is -0.353. The molecule has 0 radical (unpaired) electrons. The lowest BCUT2D eigenvalue weighted by Crippen LogP contribution is -2.48. The molecule has 1 amide bonds. The van der Waals surface area contributed by atoms with Crippen LogP contribution >= 0.6 is 11.6 Å². The quantitative estimate of drug-likeness (QED) is 0.812. The van der Waals surface area contributed by atoms with Crippen molar-refractivity contribution in [2.24, 2.45) is 0 Å². The number of carbonyl (C=O) groups is 2. The maximum atomic E-state index is 12.6. The van der Waals surface area contributed by atoms with Gasteiger partial charge >= 0.3 is 5.97 Å². The van der Waals surface area contributed by atoms with Gasteiger partial charge in [0.1, 0.15) is 18.9 Å². The molecule has 0 saturated carbocycles. The number of benzene rings is 1. The number of amides is 1. The van der Waals surface area contributed by atoms with E-state index in [1.165, 1.54) is 4.90 Å². The third-order valence-corrected chi connectivity index (χ3v) is 4.39. The third kappa shape index (κ3) is 5.39. The second kappa shape index (κ2) is 8.89. The van der Waals surface area contributed by atoms with E-state index in [0.29, 0.717) is 24.7 Å². The van der Waals surface area contributed by atoms with Gasteiger partial charge in [0, 0.05) is 18.1 Å². The van der Waals surface area contributed by atoms with Crippen molar-refractivity contribution in [2.75, 3.05) is 33.3 Å². The Kier molecular flexibility index (Phi) is 6.87. The molecule has 1 aromatic rings. The zero-order valence-corrected chi connectivity index (χ0v) is 14.5. The van der Waals surface area contributed by atoms with Crippen LogP contribution in [0.4, 0.5) is 0 Å². The van der Waals surface area contributed by atoms with E-state index in [1.807, 2.05) is 11.9 Å². The van der Waals surface area contributed by atoms with Gasteiger partial charge in [-0.15, -0.1) is 0 Å².